The van der Waals surface area contributed by atoms with Crippen LogP contribution in [0.2, 0.25) is 0 Å². The molecule has 4 heterocycles. The van der Waals surface area contributed by atoms with Crippen molar-refractivity contribution in [1.82, 2.24) is 19.1 Å². The first kappa shape index (κ1) is 37.2. The van der Waals surface area contributed by atoms with Crippen LogP contribution in [0, 0.1) is 0 Å². The fourth-order valence-corrected chi connectivity index (χ4v) is 9.40. The van der Waals surface area contributed by atoms with Crippen LogP contribution in [0.15, 0.2) is 223 Å². The predicted molar refractivity (Wildman–Crippen MR) is 266 cm³/mol. The summed E-state index contributed by atoms with van der Waals surface area (Å²) >= 11 is 0. The van der Waals surface area contributed by atoms with E-state index >= 15 is 0 Å². The number of rotatable bonds is 8. The summed E-state index contributed by atoms with van der Waals surface area (Å²) in [6.45, 7) is 2.18. The maximum absolute atomic E-state index is 5.78. The van der Waals surface area contributed by atoms with E-state index < -0.39 is 0 Å². The SMILES string of the molecule is C/C(=C\C=C/c1coc2ccccc12)n1c2ccccc2c2cc(-c3cccc4c3c3ccccc3n4-c3ccc(-c4cc(-c5ccccc5)nc(-c5ccccc5)n4)cc3)ccc21. The fraction of sp³-hybridized carbons (Fsp3) is 0.0169. The molecule has 0 unspecified atom stereocenters. The summed E-state index contributed by atoms with van der Waals surface area (Å²) in [5.41, 5.74) is 16.1. The van der Waals surface area contributed by atoms with Crippen LogP contribution in [-0.4, -0.2) is 19.1 Å². The zero-order valence-corrected chi connectivity index (χ0v) is 35.1. The zero-order chi connectivity index (χ0) is 42.6. The number of hydrogen-bond acceptors (Lipinski definition) is 3. The first-order chi connectivity index (χ1) is 31.7. The molecule has 0 atom stereocenters. The smallest absolute Gasteiger partial charge is 0.160 e. The highest BCUT2D eigenvalue weighted by Crippen LogP contribution is 2.41. The molecule has 5 nitrogen and oxygen atoms in total. The maximum Gasteiger partial charge on any atom is 0.160 e. The van der Waals surface area contributed by atoms with Gasteiger partial charge in [0.15, 0.2) is 5.82 Å². The fourth-order valence-electron chi connectivity index (χ4n) is 9.40. The lowest BCUT2D eigenvalue weighted by Crippen LogP contribution is -1.97. The molecule has 8 aromatic carbocycles. The second kappa shape index (κ2) is 15.4. The van der Waals surface area contributed by atoms with E-state index in [0.29, 0.717) is 5.82 Å². The Balaban J connectivity index is 0.944. The Hall–Kier alpha value is -8.54. The molecule has 0 saturated carbocycles. The van der Waals surface area contributed by atoms with E-state index in [2.05, 4.69) is 180 Å². The van der Waals surface area contributed by atoms with Crippen LogP contribution >= 0.6 is 0 Å². The molecule has 64 heavy (non-hydrogen) atoms. The Morgan fingerprint density at radius 1 is 0.484 bits per heavy atom. The summed E-state index contributed by atoms with van der Waals surface area (Å²) in [7, 11) is 0. The van der Waals surface area contributed by atoms with Crippen molar-refractivity contribution < 1.29 is 4.42 Å². The summed E-state index contributed by atoms with van der Waals surface area (Å²) < 4.78 is 10.5. The minimum atomic E-state index is 0.706. The van der Waals surface area contributed by atoms with E-state index in [-0.39, 0.29) is 0 Å². The monoisotopic (exact) mass is 820 g/mol. The molecule has 0 fully saturated rings. The quantitative estimate of drug-likeness (QED) is 0.143. The number of aromatic nitrogens is 4. The van der Waals surface area contributed by atoms with Crippen LogP contribution in [-0.2, 0) is 0 Å². The number of nitrogens with zero attached hydrogens (tertiary/aromatic N) is 4. The van der Waals surface area contributed by atoms with Crippen molar-refractivity contribution in [2.45, 2.75) is 6.92 Å². The number of fused-ring (bicyclic) bond motifs is 7. The zero-order valence-electron chi connectivity index (χ0n) is 35.1. The molecule has 5 heteroatoms. The second-order valence-corrected chi connectivity index (χ2v) is 16.2. The highest BCUT2D eigenvalue weighted by atomic mass is 16.3. The topological polar surface area (TPSA) is 48.8 Å². The van der Waals surface area contributed by atoms with E-state index in [1.165, 1.54) is 43.7 Å². The molecule has 12 aromatic rings. The average Bonchev–Trinajstić information content (AvgIpc) is 4.04. The van der Waals surface area contributed by atoms with E-state index in [0.717, 1.165) is 67.0 Å². The largest absolute Gasteiger partial charge is 0.464 e. The van der Waals surface area contributed by atoms with Crippen LogP contribution in [0.3, 0.4) is 0 Å². The Bertz CT molecular complexity index is 3720. The van der Waals surface area contributed by atoms with Crippen molar-refractivity contribution in [3.05, 3.63) is 224 Å². The molecule has 0 aliphatic rings. The summed E-state index contributed by atoms with van der Waals surface area (Å²) in [6, 6.07) is 70.7. The van der Waals surface area contributed by atoms with Crippen LogP contribution in [0.1, 0.15) is 12.5 Å². The molecule has 4 aromatic heterocycles. The molecule has 302 valence electrons. The first-order valence-corrected chi connectivity index (χ1v) is 21.6. The van der Waals surface area contributed by atoms with Gasteiger partial charge in [-0.15, -0.1) is 0 Å². The highest BCUT2D eigenvalue weighted by molar-refractivity contribution is 6.17. The summed E-state index contributed by atoms with van der Waals surface area (Å²) in [4.78, 5) is 10.1. The van der Waals surface area contributed by atoms with Gasteiger partial charge in [0, 0.05) is 60.6 Å². The molecule has 0 bridgehead atoms. The van der Waals surface area contributed by atoms with Crippen LogP contribution in [0.4, 0.5) is 0 Å². The van der Waals surface area contributed by atoms with Gasteiger partial charge in [-0.2, -0.15) is 0 Å². The van der Waals surface area contributed by atoms with Gasteiger partial charge in [-0.1, -0.05) is 158 Å². The van der Waals surface area contributed by atoms with Gasteiger partial charge in [0.1, 0.15) is 5.58 Å². The van der Waals surface area contributed by atoms with Crippen LogP contribution < -0.4 is 0 Å². The molecule has 0 saturated heterocycles. The average molecular weight is 821 g/mol. The molecule has 0 radical (unpaired) electrons. The van der Waals surface area contributed by atoms with Crippen molar-refractivity contribution in [3.8, 4) is 50.7 Å². The Morgan fingerprint density at radius 3 is 1.88 bits per heavy atom. The number of benzene rings is 8. The third kappa shape index (κ3) is 6.33. The third-order valence-corrected chi connectivity index (χ3v) is 12.4. The lowest BCUT2D eigenvalue weighted by atomic mass is 9.98. The van der Waals surface area contributed by atoms with Gasteiger partial charge in [0.25, 0.3) is 0 Å². The Kier molecular flexibility index (Phi) is 8.97. The van der Waals surface area contributed by atoms with Crippen molar-refractivity contribution in [2.24, 2.45) is 0 Å². The van der Waals surface area contributed by atoms with Gasteiger partial charge in [0.05, 0.1) is 39.7 Å². The number of allylic oxidation sites excluding steroid dienone is 3. The lowest BCUT2D eigenvalue weighted by molar-refractivity contribution is 0.615. The lowest BCUT2D eigenvalue weighted by Gasteiger charge is -2.12. The van der Waals surface area contributed by atoms with E-state index in [4.69, 9.17) is 14.4 Å². The van der Waals surface area contributed by atoms with Crippen molar-refractivity contribution in [2.75, 3.05) is 0 Å². The summed E-state index contributed by atoms with van der Waals surface area (Å²) in [6.07, 6.45) is 8.24. The van der Waals surface area contributed by atoms with Gasteiger partial charge in [-0.05, 0) is 78.7 Å². The Morgan fingerprint density at radius 2 is 1.09 bits per heavy atom. The predicted octanol–water partition coefficient (Wildman–Crippen LogP) is 15.7. The molecule has 0 aliphatic heterocycles. The van der Waals surface area contributed by atoms with Crippen molar-refractivity contribution in [1.29, 1.82) is 0 Å². The standard InChI is InChI=1S/C59H40N4O/c1-39(16-14-21-44-38-64-57-29-13-10-22-46(44)57)62-53-26-11-8-23-48(53)50-36-43(32-35-55(50)62)47-25-15-28-56-58(47)49-24-9-12-27-54(49)63(56)45-33-30-41(31-34-45)52-37-51(40-17-4-2-5-18-40)60-59(61-52)42-19-6-3-7-20-42/h2-38H,1H3/b21-14-,39-16+. The summed E-state index contributed by atoms with van der Waals surface area (Å²) in [5.74, 6) is 0.706. The second-order valence-electron chi connectivity index (χ2n) is 16.2. The van der Waals surface area contributed by atoms with Gasteiger partial charge < -0.3 is 13.6 Å². The molecular formula is C59H40N4O. The summed E-state index contributed by atoms with van der Waals surface area (Å²) in [5, 5.41) is 6.00. The minimum Gasteiger partial charge on any atom is -0.464 e. The van der Waals surface area contributed by atoms with Gasteiger partial charge in [-0.25, -0.2) is 9.97 Å². The Labute approximate surface area is 370 Å². The first-order valence-electron chi connectivity index (χ1n) is 21.6. The molecular weight excluding hydrogens is 781 g/mol. The van der Waals surface area contributed by atoms with Crippen LogP contribution in [0.5, 0.6) is 0 Å². The van der Waals surface area contributed by atoms with Crippen molar-refractivity contribution in [3.63, 3.8) is 0 Å². The van der Waals surface area contributed by atoms with E-state index in [1.807, 2.05) is 60.9 Å². The van der Waals surface area contributed by atoms with Gasteiger partial charge in [0.2, 0.25) is 0 Å². The molecule has 0 N–H and O–H groups in total. The maximum atomic E-state index is 5.78. The van der Waals surface area contributed by atoms with E-state index in [9.17, 15) is 0 Å². The van der Waals surface area contributed by atoms with Crippen molar-refractivity contribution >= 4 is 66.4 Å². The van der Waals surface area contributed by atoms with Gasteiger partial charge in [-0.3, -0.25) is 0 Å². The molecule has 0 spiro atoms. The highest BCUT2D eigenvalue weighted by Gasteiger charge is 2.19. The van der Waals surface area contributed by atoms with Gasteiger partial charge >= 0.3 is 0 Å². The third-order valence-electron chi connectivity index (χ3n) is 12.4. The minimum absolute atomic E-state index is 0.706. The normalized spacial score (nSPS) is 12.2. The molecule has 0 amide bonds. The molecule has 12 rings (SSSR count). The molecule has 0 aliphatic carbocycles. The van der Waals surface area contributed by atoms with E-state index in [1.54, 1.807) is 0 Å². The number of para-hydroxylation sites is 3. The number of hydrogen-bond donors (Lipinski definition) is 0. The number of furan rings is 1. The van der Waals surface area contributed by atoms with Crippen LogP contribution in [0.25, 0.3) is 117 Å².